The lowest BCUT2D eigenvalue weighted by molar-refractivity contribution is -0.210. The van der Waals surface area contributed by atoms with E-state index in [0.29, 0.717) is 17.9 Å². The third-order valence-electron chi connectivity index (χ3n) is 6.18. The molecule has 6 nitrogen and oxygen atoms in total. The van der Waals surface area contributed by atoms with Crippen LogP contribution in [0.15, 0.2) is 12.1 Å². The average Bonchev–Trinajstić information content (AvgIpc) is 3.34. The molecule has 0 spiro atoms. The van der Waals surface area contributed by atoms with Crippen LogP contribution in [-0.4, -0.2) is 43.0 Å². The zero-order chi connectivity index (χ0) is 22.9. The Hall–Kier alpha value is 0.0300. The second-order valence-corrected chi connectivity index (χ2v) is 11.7. The quantitative estimate of drug-likeness (QED) is 0.261. The van der Waals surface area contributed by atoms with Gasteiger partial charge in [-0.3, -0.25) is 4.55 Å². The van der Waals surface area contributed by atoms with Gasteiger partial charge in [0.05, 0.1) is 26.0 Å². The van der Waals surface area contributed by atoms with Crippen LogP contribution in [0.25, 0.3) is 0 Å². The van der Waals surface area contributed by atoms with Crippen LogP contribution in [0.5, 0.6) is 5.75 Å². The Bertz CT molecular complexity index is 968. The molecular formula is C18H18F4I2O6S. The van der Waals surface area contributed by atoms with E-state index in [1.165, 1.54) is 0 Å². The van der Waals surface area contributed by atoms with Crippen molar-refractivity contribution in [1.29, 1.82) is 0 Å². The summed E-state index contributed by atoms with van der Waals surface area (Å²) in [5.41, 5.74) is 0.651. The molecule has 1 aromatic carbocycles. The standard InChI is InChI=1S/C18H18F4I2O6S/c1-2-28-15-11(23)5-8(6-12(15)24)16-29-13-7-3-9(14(13)30-16)10(4-7)17(19,20)18(21,22)31(25,26)27/h5-7,9-10,13-14,16H,2-4H2,1H3,(H,25,26,27). The molecule has 4 rings (SSSR count). The van der Waals surface area contributed by atoms with Gasteiger partial charge in [-0.05, 0) is 88.9 Å². The highest BCUT2D eigenvalue weighted by Crippen LogP contribution is 2.62. The van der Waals surface area contributed by atoms with Crippen molar-refractivity contribution >= 4 is 55.3 Å². The molecule has 0 aromatic heterocycles. The van der Waals surface area contributed by atoms with Gasteiger partial charge in [-0.15, -0.1) is 0 Å². The predicted molar refractivity (Wildman–Crippen MR) is 117 cm³/mol. The molecule has 2 bridgehead atoms. The largest absolute Gasteiger partial charge is 0.492 e. The molecule has 13 heteroatoms. The second kappa shape index (κ2) is 8.06. The lowest BCUT2D eigenvalue weighted by atomic mass is 9.81. The highest BCUT2D eigenvalue weighted by Gasteiger charge is 2.74. The van der Waals surface area contributed by atoms with Crippen LogP contribution in [0.1, 0.15) is 31.6 Å². The maximum absolute atomic E-state index is 14.6. The maximum Gasteiger partial charge on any atom is 0.431 e. The summed E-state index contributed by atoms with van der Waals surface area (Å²) in [6.45, 7) is 2.34. The summed E-state index contributed by atoms with van der Waals surface area (Å²) >= 11 is 4.20. The van der Waals surface area contributed by atoms with Gasteiger partial charge >= 0.3 is 21.3 Å². The van der Waals surface area contributed by atoms with Crippen LogP contribution in [0.4, 0.5) is 17.6 Å². The molecule has 1 aliphatic heterocycles. The van der Waals surface area contributed by atoms with Gasteiger partial charge in [0.1, 0.15) is 5.75 Å². The van der Waals surface area contributed by atoms with Crippen molar-refractivity contribution in [1.82, 2.24) is 0 Å². The number of hydrogen-bond acceptors (Lipinski definition) is 5. The van der Waals surface area contributed by atoms with Crippen LogP contribution in [-0.2, 0) is 19.6 Å². The first-order valence-corrected chi connectivity index (χ1v) is 13.0. The van der Waals surface area contributed by atoms with E-state index in [9.17, 15) is 26.0 Å². The first-order chi connectivity index (χ1) is 14.3. The molecule has 0 amide bonds. The van der Waals surface area contributed by atoms with Crippen molar-refractivity contribution in [2.45, 2.75) is 49.4 Å². The first-order valence-electron chi connectivity index (χ1n) is 9.45. The minimum atomic E-state index is -6.28. The zero-order valence-corrected chi connectivity index (χ0v) is 21.0. The summed E-state index contributed by atoms with van der Waals surface area (Å²) in [5.74, 6) is -7.65. The molecule has 174 valence electrons. The van der Waals surface area contributed by atoms with E-state index in [0.717, 1.165) is 7.14 Å². The Morgan fingerprint density at radius 2 is 1.71 bits per heavy atom. The van der Waals surface area contributed by atoms with Crippen LogP contribution in [0, 0.1) is 24.9 Å². The smallest absolute Gasteiger partial charge is 0.431 e. The lowest BCUT2D eigenvalue weighted by Crippen LogP contribution is -2.55. The molecule has 6 atom stereocenters. The van der Waals surface area contributed by atoms with Gasteiger partial charge in [0.25, 0.3) is 0 Å². The molecule has 6 unspecified atom stereocenters. The Kier molecular flexibility index (Phi) is 6.28. The fraction of sp³-hybridized carbons (Fsp3) is 0.667. The van der Waals surface area contributed by atoms with Crippen molar-refractivity contribution in [2.75, 3.05) is 6.61 Å². The first kappa shape index (κ1) is 24.2. The minimum absolute atomic E-state index is 0.169. The molecule has 1 heterocycles. The van der Waals surface area contributed by atoms with Crippen LogP contribution in [0.3, 0.4) is 0 Å². The second-order valence-electron chi connectivity index (χ2n) is 7.90. The zero-order valence-electron chi connectivity index (χ0n) is 15.9. The van der Waals surface area contributed by atoms with Gasteiger partial charge in [-0.2, -0.15) is 26.0 Å². The van der Waals surface area contributed by atoms with Crippen molar-refractivity contribution in [3.63, 3.8) is 0 Å². The van der Waals surface area contributed by atoms with E-state index < -0.39 is 57.5 Å². The molecule has 1 N–H and O–H groups in total. The monoisotopic (exact) mass is 692 g/mol. The van der Waals surface area contributed by atoms with Crippen LogP contribution in [0.2, 0.25) is 0 Å². The highest BCUT2D eigenvalue weighted by molar-refractivity contribution is 14.1. The Labute approximate surface area is 203 Å². The summed E-state index contributed by atoms with van der Waals surface area (Å²) in [7, 11) is -6.28. The van der Waals surface area contributed by atoms with Crippen molar-refractivity contribution in [3.8, 4) is 5.75 Å². The third-order valence-corrected chi connectivity index (χ3v) is 8.70. The summed E-state index contributed by atoms with van der Waals surface area (Å²) in [4.78, 5) is 0. The number of rotatable bonds is 6. The van der Waals surface area contributed by atoms with Gasteiger partial charge < -0.3 is 14.2 Å². The minimum Gasteiger partial charge on any atom is -0.492 e. The average molecular weight is 692 g/mol. The molecule has 2 saturated carbocycles. The van der Waals surface area contributed by atoms with Crippen LogP contribution >= 0.6 is 45.2 Å². The lowest BCUT2D eigenvalue weighted by Gasteiger charge is -2.36. The molecule has 3 aliphatic rings. The molecule has 2 aliphatic carbocycles. The highest BCUT2D eigenvalue weighted by atomic mass is 127. The van der Waals surface area contributed by atoms with E-state index in [2.05, 4.69) is 45.2 Å². The predicted octanol–water partition coefficient (Wildman–Crippen LogP) is 4.85. The summed E-state index contributed by atoms with van der Waals surface area (Å²) in [5, 5.41) is -5.58. The van der Waals surface area contributed by atoms with E-state index in [1.807, 2.05) is 6.92 Å². The van der Waals surface area contributed by atoms with Crippen molar-refractivity contribution < 1.29 is 44.7 Å². The third kappa shape index (κ3) is 3.78. The number of ether oxygens (including phenoxy) is 3. The summed E-state index contributed by atoms with van der Waals surface area (Å²) < 4.78 is 106. The Morgan fingerprint density at radius 3 is 2.26 bits per heavy atom. The van der Waals surface area contributed by atoms with Gasteiger partial charge in [-0.25, -0.2) is 0 Å². The van der Waals surface area contributed by atoms with Gasteiger partial charge in [-0.1, -0.05) is 0 Å². The fourth-order valence-corrected chi connectivity index (χ4v) is 7.52. The number of alkyl halides is 4. The molecule has 31 heavy (non-hydrogen) atoms. The molecule has 0 radical (unpaired) electrons. The molecule has 3 fully saturated rings. The van der Waals surface area contributed by atoms with Crippen LogP contribution < -0.4 is 4.74 Å². The van der Waals surface area contributed by atoms with E-state index in [4.69, 9.17) is 18.8 Å². The Morgan fingerprint density at radius 1 is 1.13 bits per heavy atom. The van der Waals surface area contributed by atoms with E-state index in [-0.39, 0.29) is 12.8 Å². The van der Waals surface area contributed by atoms with Crippen molar-refractivity contribution in [2.24, 2.45) is 17.8 Å². The molecule has 1 aromatic rings. The summed E-state index contributed by atoms with van der Waals surface area (Å²) in [6.07, 6.45) is -2.42. The molecule has 1 saturated heterocycles. The van der Waals surface area contributed by atoms with Gasteiger partial charge in [0.15, 0.2) is 6.29 Å². The normalized spacial score (nSPS) is 33.0. The van der Waals surface area contributed by atoms with E-state index >= 15 is 0 Å². The number of benzene rings is 1. The maximum atomic E-state index is 14.6. The number of hydrogen-bond donors (Lipinski definition) is 1. The van der Waals surface area contributed by atoms with Gasteiger partial charge in [0.2, 0.25) is 0 Å². The Balaban J connectivity index is 1.56. The summed E-state index contributed by atoms with van der Waals surface area (Å²) in [6, 6.07) is 3.58. The number of halogens is 6. The number of fused-ring (bicyclic) bond motifs is 5. The van der Waals surface area contributed by atoms with Crippen molar-refractivity contribution in [3.05, 3.63) is 24.8 Å². The van der Waals surface area contributed by atoms with E-state index in [1.54, 1.807) is 12.1 Å². The fourth-order valence-electron chi connectivity index (χ4n) is 4.90. The SMILES string of the molecule is CCOc1c(I)cc(C2OC3C4CC(C3O2)C(C(F)(F)C(F)(F)S(=O)(=O)O)C4)cc1I. The molecular weight excluding hydrogens is 674 g/mol. The topological polar surface area (TPSA) is 82.1 Å². The van der Waals surface area contributed by atoms with Gasteiger partial charge in [0, 0.05) is 11.5 Å².